The van der Waals surface area contributed by atoms with Gasteiger partial charge in [0.15, 0.2) is 0 Å². The van der Waals surface area contributed by atoms with Crippen LogP contribution in [-0.4, -0.2) is 28.4 Å². The molecule has 0 aliphatic heterocycles. The number of phenols is 2. The number of aromatic hydroxyl groups is 2. The highest BCUT2D eigenvalue weighted by Crippen LogP contribution is 2.46. The number of hydrogen-bond acceptors (Lipinski definition) is 4. The van der Waals surface area contributed by atoms with Crippen molar-refractivity contribution in [3.8, 4) is 22.6 Å². The highest BCUT2D eigenvalue weighted by Gasteiger charge is 2.66. The Hall–Kier alpha value is -2.33. The molecule has 0 spiro atoms. The second-order valence-corrected chi connectivity index (χ2v) is 6.34. The van der Waals surface area contributed by atoms with Gasteiger partial charge in [-0.3, -0.25) is 4.55 Å². The van der Waals surface area contributed by atoms with Gasteiger partial charge in [-0.25, -0.2) is 0 Å². The lowest BCUT2D eigenvalue weighted by Gasteiger charge is -2.24. The molecule has 0 aromatic heterocycles. The molecule has 0 fully saturated rings. The fraction of sp³-hybridized carbons (Fsp3) is 0.143. The molecule has 0 saturated carbocycles. The molecule has 0 aliphatic carbocycles. The monoisotopic (exact) mass is 366 g/mol. The van der Waals surface area contributed by atoms with Gasteiger partial charge in [-0.2, -0.15) is 26.0 Å². The van der Waals surface area contributed by atoms with E-state index < -0.39 is 26.9 Å². The minimum Gasteiger partial charge on any atom is -0.508 e. The summed E-state index contributed by atoms with van der Waals surface area (Å²) in [7, 11) is -6.33. The van der Waals surface area contributed by atoms with Crippen LogP contribution in [0.25, 0.3) is 11.1 Å². The third kappa shape index (κ3) is 3.02. The number of halogens is 4. The first kappa shape index (κ1) is 18.0. The zero-order valence-electron chi connectivity index (χ0n) is 11.6. The summed E-state index contributed by atoms with van der Waals surface area (Å²) >= 11 is 0. The Balaban J connectivity index is 2.46. The Morgan fingerprint density at radius 1 is 0.792 bits per heavy atom. The first-order chi connectivity index (χ1) is 10.9. The van der Waals surface area contributed by atoms with Gasteiger partial charge in [-0.15, -0.1) is 0 Å². The maximum Gasteiger partial charge on any atom is 0.436 e. The van der Waals surface area contributed by atoms with Gasteiger partial charge in [0.2, 0.25) is 0 Å². The molecule has 2 rings (SSSR count). The fourth-order valence-electron chi connectivity index (χ4n) is 1.96. The lowest BCUT2D eigenvalue weighted by molar-refractivity contribution is -0.167. The lowest BCUT2D eigenvalue weighted by Crippen LogP contribution is -2.44. The largest absolute Gasteiger partial charge is 0.508 e. The van der Waals surface area contributed by atoms with Crippen molar-refractivity contribution < 1.29 is 40.7 Å². The van der Waals surface area contributed by atoms with Crippen LogP contribution in [0.15, 0.2) is 42.5 Å². The van der Waals surface area contributed by atoms with E-state index in [1.807, 2.05) is 0 Å². The standard InChI is InChI=1S/C14H10F4O5S/c15-13(16,14(17,18)24(21,22)23)10-3-1-8(2-4-10)9-5-11(19)7-12(20)6-9/h1-7,19-20H,(H,21,22,23). The van der Waals surface area contributed by atoms with Crippen LogP contribution in [0.3, 0.4) is 0 Å². The molecule has 0 amide bonds. The van der Waals surface area contributed by atoms with Gasteiger partial charge in [0.05, 0.1) is 0 Å². The van der Waals surface area contributed by atoms with E-state index in [1.54, 1.807) is 0 Å². The number of benzene rings is 2. The van der Waals surface area contributed by atoms with Gasteiger partial charge < -0.3 is 10.2 Å². The van der Waals surface area contributed by atoms with Crippen LogP contribution >= 0.6 is 0 Å². The Kier molecular flexibility index (Phi) is 4.23. The molecular formula is C14H10F4O5S. The van der Waals surface area contributed by atoms with Crippen molar-refractivity contribution in [3.63, 3.8) is 0 Å². The summed E-state index contributed by atoms with van der Waals surface area (Å²) in [4.78, 5) is 0. The number of phenolic OH excluding ortho intramolecular Hbond substituents is 2. The second kappa shape index (κ2) is 5.64. The van der Waals surface area contributed by atoms with E-state index in [2.05, 4.69) is 0 Å². The molecular weight excluding hydrogens is 356 g/mol. The van der Waals surface area contributed by atoms with Gasteiger partial charge in [0.1, 0.15) is 11.5 Å². The molecule has 0 atom stereocenters. The summed E-state index contributed by atoms with van der Waals surface area (Å²) in [5.74, 6) is -5.78. The van der Waals surface area contributed by atoms with E-state index in [4.69, 9.17) is 4.55 Å². The first-order valence-corrected chi connectivity index (χ1v) is 7.67. The summed E-state index contributed by atoms with van der Waals surface area (Å²) in [6, 6.07) is 6.46. The number of rotatable bonds is 4. The predicted octanol–water partition coefficient (Wildman–Crippen LogP) is 3.34. The molecule has 10 heteroatoms. The summed E-state index contributed by atoms with van der Waals surface area (Å²) < 4.78 is 83.3. The topological polar surface area (TPSA) is 94.8 Å². The number of hydrogen-bond donors (Lipinski definition) is 3. The average molecular weight is 366 g/mol. The lowest BCUT2D eigenvalue weighted by atomic mass is 10.0. The minimum atomic E-state index is -6.33. The van der Waals surface area contributed by atoms with Crippen molar-refractivity contribution in [1.29, 1.82) is 0 Å². The van der Waals surface area contributed by atoms with E-state index in [0.717, 1.165) is 18.2 Å². The zero-order valence-corrected chi connectivity index (χ0v) is 12.4. The molecule has 2 aromatic carbocycles. The van der Waals surface area contributed by atoms with Crippen molar-refractivity contribution >= 4 is 10.1 Å². The highest BCUT2D eigenvalue weighted by molar-refractivity contribution is 7.86. The molecule has 0 aliphatic rings. The molecule has 2 aromatic rings. The molecule has 3 N–H and O–H groups in total. The van der Waals surface area contributed by atoms with Crippen molar-refractivity contribution in [1.82, 2.24) is 0 Å². The van der Waals surface area contributed by atoms with E-state index in [9.17, 15) is 36.2 Å². The van der Waals surface area contributed by atoms with Crippen molar-refractivity contribution in [2.75, 3.05) is 0 Å². The zero-order chi connectivity index (χ0) is 18.3. The van der Waals surface area contributed by atoms with Crippen LogP contribution in [0.1, 0.15) is 5.56 Å². The molecule has 0 saturated heterocycles. The smallest absolute Gasteiger partial charge is 0.436 e. The van der Waals surface area contributed by atoms with Crippen molar-refractivity contribution in [2.45, 2.75) is 11.2 Å². The van der Waals surface area contributed by atoms with Crippen molar-refractivity contribution in [2.24, 2.45) is 0 Å². The van der Waals surface area contributed by atoms with Gasteiger partial charge in [0, 0.05) is 11.6 Å². The van der Waals surface area contributed by atoms with Gasteiger partial charge in [-0.05, 0) is 23.3 Å². The van der Waals surface area contributed by atoms with E-state index >= 15 is 0 Å². The summed E-state index contributed by atoms with van der Waals surface area (Å²) in [6.07, 6.45) is 0. The Morgan fingerprint density at radius 3 is 1.67 bits per heavy atom. The molecule has 130 valence electrons. The quantitative estimate of drug-likeness (QED) is 0.570. The Labute approximate surface area is 133 Å². The van der Waals surface area contributed by atoms with Crippen molar-refractivity contribution in [3.05, 3.63) is 48.0 Å². The first-order valence-electron chi connectivity index (χ1n) is 6.23. The third-order valence-corrected chi connectivity index (χ3v) is 4.08. The minimum absolute atomic E-state index is 0.191. The van der Waals surface area contributed by atoms with Crippen LogP contribution < -0.4 is 0 Å². The molecule has 0 unspecified atom stereocenters. The van der Waals surface area contributed by atoms with E-state index in [1.165, 1.54) is 12.1 Å². The van der Waals surface area contributed by atoms with Gasteiger partial charge >= 0.3 is 21.3 Å². The fourth-order valence-corrected chi connectivity index (χ4v) is 2.41. The van der Waals surface area contributed by atoms with E-state index in [0.29, 0.717) is 12.1 Å². The van der Waals surface area contributed by atoms with E-state index in [-0.39, 0.29) is 22.6 Å². The SMILES string of the molecule is O=S(=O)(O)C(F)(F)C(F)(F)c1ccc(-c2cc(O)cc(O)c2)cc1. The van der Waals surface area contributed by atoms with Crippen LogP contribution in [0.2, 0.25) is 0 Å². The van der Waals surface area contributed by atoms with Crippen LogP contribution in [-0.2, 0) is 16.0 Å². The molecule has 0 radical (unpaired) electrons. The third-order valence-electron chi connectivity index (χ3n) is 3.17. The number of alkyl halides is 4. The van der Waals surface area contributed by atoms with Gasteiger partial charge in [0.25, 0.3) is 0 Å². The van der Waals surface area contributed by atoms with Gasteiger partial charge in [-0.1, -0.05) is 24.3 Å². The summed E-state index contributed by atoms with van der Waals surface area (Å²) in [5.41, 5.74) is -0.932. The molecule has 5 nitrogen and oxygen atoms in total. The average Bonchev–Trinajstić information content (AvgIpc) is 2.45. The Bertz CT molecular complexity index is 843. The second-order valence-electron chi connectivity index (χ2n) is 4.88. The summed E-state index contributed by atoms with van der Waals surface area (Å²) in [5, 5.41) is 13.0. The maximum absolute atomic E-state index is 13.7. The van der Waals surface area contributed by atoms with Crippen LogP contribution in [0.5, 0.6) is 11.5 Å². The Morgan fingerprint density at radius 2 is 1.25 bits per heavy atom. The highest BCUT2D eigenvalue weighted by atomic mass is 32.2. The normalized spacial score (nSPS) is 13.0. The molecule has 0 heterocycles. The molecule has 24 heavy (non-hydrogen) atoms. The van der Waals surface area contributed by atoms with Crippen LogP contribution in [0, 0.1) is 0 Å². The predicted molar refractivity (Wildman–Crippen MR) is 75.6 cm³/mol. The van der Waals surface area contributed by atoms with Crippen LogP contribution in [0.4, 0.5) is 17.6 Å². The molecule has 0 bridgehead atoms. The summed E-state index contributed by atoms with van der Waals surface area (Å²) in [6.45, 7) is 0. The maximum atomic E-state index is 13.7.